The summed E-state index contributed by atoms with van der Waals surface area (Å²) in [4.78, 5) is 26.5. The first kappa shape index (κ1) is 18.7. The van der Waals surface area contributed by atoms with Crippen molar-refractivity contribution >= 4 is 11.8 Å². The summed E-state index contributed by atoms with van der Waals surface area (Å²) in [5, 5.41) is 13.3. The molecule has 26 heavy (non-hydrogen) atoms. The standard InChI is InChI=1S/C21H30N2O3/c1-2-6-20(25)22-13-15-7-5-10-23(14-15)21(26)18-11-16-8-3-4-9-17(16)12-19(18)24/h11-12,15,24H,2-10,13-14H2,1H3,(H,22,25)/t15-/m1/s1. The number of nitrogens with zero attached hydrogens (tertiary/aromatic N) is 1. The van der Waals surface area contributed by atoms with Crippen molar-refractivity contribution in [3.05, 3.63) is 28.8 Å². The van der Waals surface area contributed by atoms with Gasteiger partial charge in [-0.2, -0.15) is 0 Å². The molecule has 0 saturated carbocycles. The lowest BCUT2D eigenvalue weighted by atomic mass is 9.89. The highest BCUT2D eigenvalue weighted by Crippen LogP contribution is 2.30. The number of rotatable bonds is 5. The van der Waals surface area contributed by atoms with E-state index in [0.717, 1.165) is 51.5 Å². The van der Waals surface area contributed by atoms with E-state index in [2.05, 4.69) is 5.32 Å². The largest absolute Gasteiger partial charge is 0.507 e. The average Bonchev–Trinajstić information content (AvgIpc) is 2.66. The van der Waals surface area contributed by atoms with Gasteiger partial charge in [-0.1, -0.05) is 6.92 Å². The molecular weight excluding hydrogens is 328 g/mol. The second-order valence-electron chi connectivity index (χ2n) is 7.66. The number of likely N-dealkylation sites (tertiary alicyclic amines) is 1. The van der Waals surface area contributed by atoms with Gasteiger partial charge < -0.3 is 15.3 Å². The number of hydrogen-bond acceptors (Lipinski definition) is 3. The number of phenols is 1. The highest BCUT2D eigenvalue weighted by molar-refractivity contribution is 5.97. The second-order valence-corrected chi connectivity index (χ2v) is 7.66. The zero-order valence-corrected chi connectivity index (χ0v) is 15.7. The zero-order valence-electron chi connectivity index (χ0n) is 15.7. The maximum atomic E-state index is 13.0. The molecule has 0 aromatic heterocycles. The quantitative estimate of drug-likeness (QED) is 0.850. The third-order valence-electron chi connectivity index (χ3n) is 5.56. The number of carbonyl (C=O) groups is 2. The van der Waals surface area contributed by atoms with E-state index in [1.165, 1.54) is 11.1 Å². The Kier molecular flexibility index (Phi) is 6.17. The third kappa shape index (κ3) is 4.37. The number of aryl methyl sites for hydroxylation is 2. The van der Waals surface area contributed by atoms with E-state index in [9.17, 15) is 14.7 Å². The van der Waals surface area contributed by atoms with Crippen molar-refractivity contribution in [1.29, 1.82) is 0 Å². The fraction of sp³-hybridized carbons (Fsp3) is 0.619. The van der Waals surface area contributed by atoms with E-state index in [0.29, 0.717) is 25.1 Å². The number of nitrogens with one attached hydrogen (secondary N) is 1. The molecule has 5 heteroatoms. The van der Waals surface area contributed by atoms with Gasteiger partial charge in [0.05, 0.1) is 5.56 Å². The highest BCUT2D eigenvalue weighted by atomic mass is 16.3. The Labute approximate surface area is 155 Å². The fourth-order valence-electron chi connectivity index (χ4n) is 4.10. The van der Waals surface area contributed by atoms with E-state index < -0.39 is 0 Å². The molecule has 5 nitrogen and oxygen atoms in total. The molecule has 2 N–H and O–H groups in total. The molecule has 0 spiro atoms. The van der Waals surface area contributed by atoms with E-state index in [4.69, 9.17) is 0 Å². The van der Waals surface area contributed by atoms with Gasteiger partial charge in [0.25, 0.3) is 5.91 Å². The summed E-state index contributed by atoms with van der Waals surface area (Å²) in [6.07, 6.45) is 7.63. The lowest BCUT2D eigenvalue weighted by molar-refractivity contribution is -0.121. The first-order valence-electron chi connectivity index (χ1n) is 9.99. The van der Waals surface area contributed by atoms with Gasteiger partial charge in [0.2, 0.25) is 5.91 Å². The van der Waals surface area contributed by atoms with Crippen LogP contribution in [-0.4, -0.2) is 41.5 Å². The summed E-state index contributed by atoms with van der Waals surface area (Å²) in [6.45, 7) is 3.97. The Bertz CT molecular complexity index is 671. The van der Waals surface area contributed by atoms with E-state index in [-0.39, 0.29) is 23.5 Å². The summed E-state index contributed by atoms with van der Waals surface area (Å²) < 4.78 is 0. The first-order chi connectivity index (χ1) is 12.6. The number of piperidine rings is 1. The number of carbonyl (C=O) groups excluding carboxylic acids is 2. The monoisotopic (exact) mass is 358 g/mol. The normalized spacial score (nSPS) is 19.7. The zero-order chi connectivity index (χ0) is 18.5. The van der Waals surface area contributed by atoms with Crippen molar-refractivity contribution in [1.82, 2.24) is 10.2 Å². The van der Waals surface area contributed by atoms with Crippen molar-refractivity contribution in [3.8, 4) is 5.75 Å². The van der Waals surface area contributed by atoms with Crippen molar-refractivity contribution in [3.63, 3.8) is 0 Å². The lowest BCUT2D eigenvalue weighted by Crippen LogP contribution is -2.43. The summed E-state index contributed by atoms with van der Waals surface area (Å²) in [5.41, 5.74) is 2.82. The van der Waals surface area contributed by atoms with Gasteiger partial charge in [-0.3, -0.25) is 9.59 Å². The van der Waals surface area contributed by atoms with Crippen LogP contribution in [0.25, 0.3) is 0 Å². The summed E-state index contributed by atoms with van der Waals surface area (Å²) in [5.74, 6) is 0.394. The Balaban J connectivity index is 1.65. The van der Waals surface area contributed by atoms with Crippen LogP contribution in [0.5, 0.6) is 5.75 Å². The summed E-state index contributed by atoms with van der Waals surface area (Å²) in [7, 11) is 0. The number of benzene rings is 1. The van der Waals surface area contributed by atoms with Gasteiger partial charge in [-0.25, -0.2) is 0 Å². The van der Waals surface area contributed by atoms with Gasteiger partial charge in [-0.05, 0) is 74.1 Å². The van der Waals surface area contributed by atoms with E-state index in [1.807, 2.05) is 17.9 Å². The maximum Gasteiger partial charge on any atom is 0.257 e. The molecule has 0 radical (unpaired) electrons. The predicted molar refractivity (Wildman–Crippen MR) is 101 cm³/mol. The third-order valence-corrected chi connectivity index (χ3v) is 5.56. The number of hydrogen-bond donors (Lipinski definition) is 2. The number of aromatic hydroxyl groups is 1. The van der Waals surface area contributed by atoms with E-state index in [1.54, 1.807) is 6.07 Å². The van der Waals surface area contributed by atoms with Crippen molar-refractivity contribution in [2.45, 2.75) is 58.3 Å². The number of amides is 2. The first-order valence-corrected chi connectivity index (χ1v) is 9.99. The molecular formula is C21H30N2O3. The Morgan fingerprint density at radius 3 is 2.65 bits per heavy atom. The van der Waals surface area contributed by atoms with Gasteiger partial charge in [0, 0.05) is 26.1 Å². The SMILES string of the molecule is CCCC(=O)NC[C@H]1CCCN(C(=O)c2cc3c(cc2O)CCCC3)C1. The van der Waals surface area contributed by atoms with Gasteiger partial charge >= 0.3 is 0 Å². The number of fused-ring (bicyclic) bond motifs is 1. The highest BCUT2D eigenvalue weighted by Gasteiger charge is 2.27. The molecule has 1 aliphatic heterocycles. The Morgan fingerprint density at radius 1 is 1.19 bits per heavy atom. The molecule has 0 bridgehead atoms. The average molecular weight is 358 g/mol. The van der Waals surface area contributed by atoms with Gasteiger partial charge in [0.1, 0.15) is 5.75 Å². The molecule has 3 rings (SSSR count). The maximum absolute atomic E-state index is 13.0. The van der Waals surface area contributed by atoms with Crippen molar-refractivity contribution in [2.24, 2.45) is 5.92 Å². The lowest BCUT2D eigenvalue weighted by Gasteiger charge is -2.33. The minimum atomic E-state index is -0.0829. The number of phenolic OH excluding ortho intramolecular Hbond substituents is 1. The van der Waals surface area contributed by atoms with Crippen molar-refractivity contribution in [2.75, 3.05) is 19.6 Å². The molecule has 1 saturated heterocycles. The second kappa shape index (κ2) is 8.56. The van der Waals surface area contributed by atoms with Crippen LogP contribution >= 0.6 is 0 Å². The van der Waals surface area contributed by atoms with Crippen LogP contribution in [0.3, 0.4) is 0 Å². The van der Waals surface area contributed by atoms with Gasteiger partial charge in [0.15, 0.2) is 0 Å². The summed E-state index contributed by atoms with van der Waals surface area (Å²) >= 11 is 0. The minimum Gasteiger partial charge on any atom is -0.507 e. The van der Waals surface area contributed by atoms with Crippen LogP contribution in [-0.2, 0) is 17.6 Å². The van der Waals surface area contributed by atoms with Crippen LogP contribution in [0.1, 0.15) is 66.9 Å². The molecule has 1 heterocycles. The molecule has 1 fully saturated rings. The Morgan fingerprint density at radius 2 is 1.92 bits per heavy atom. The van der Waals surface area contributed by atoms with Crippen LogP contribution in [0.2, 0.25) is 0 Å². The van der Waals surface area contributed by atoms with E-state index >= 15 is 0 Å². The molecule has 142 valence electrons. The molecule has 1 aliphatic carbocycles. The molecule has 0 unspecified atom stereocenters. The van der Waals surface area contributed by atoms with Crippen molar-refractivity contribution < 1.29 is 14.7 Å². The van der Waals surface area contributed by atoms with Crippen LogP contribution in [0.15, 0.2) is 12.1 Å². The van der Waals surface area contributed by atoms with Gasteiger partial charge in [-0.15, -0.1) is 0 Å². The molecule has 2 amide bonds. The molecule has 2 aliphatic rings. The molecule has 1 aromatic rings. The molecule has 1 aromatic carbocycles. The van der Waals surface area contributed by atoms with Crippen LogP contribution in [0, 0.1) is 5.92 Å². The fourth-order valence-corrected chi connectivity index (χ4v) is 4.10. The topological polar surface area (TPSA) is 69.6 Å². The van der Waals surface area contributed by atoms with Crippen LogP contribution < -0.4 is 5.32 Å². The minimum absolute atomic E-state index is 0.0829. The summed E-state index contributed by atoms with van der Waals surface area (Å²) in [6, 6.07) is 3.69. The van der Waals surface area contributed by atoms with Crippen LogP contribution in [0.4, 0.5) is 0 Å². The predicted octanol–water partition coefficient (Wildman–Crippen LogP) is 3.04. The smallest absolute Gasteiger partial charge is 0.257 e. The Hall–Kier alpha value is -2.04. The molecule has 1 atom stereocenters.